The van der Waals surface area contributed by atoms with Crippen molar-refractivity contribution in [2.75, 3.05) is 0 Å². The number of imidazole rings is 1. The molecular weight excluding hydrogens is 240 g/mol. The fourth-order valence-electron chi connectivity index (χ4n) is 1.81. The second-order valence-corrected chi connectivity index (χ2v) is 4.05. The topological polar surface area (TPSA) is 69.0 Å². The Morgan fingerprint density at radius 1 is 1.65 bits per heavy atom. The predicted octanol–water partition coefficient (Wildman–Crippen LogP) is 1.90. The lowest BCUT2D eigenvalue weighted by Gasteiger charge is -2.15. The zero-order valence-electron chi connectivity index (χ0n) is 9.56. The molecule has 0 radical (unpaired) electrons. The number of aromatic nitrogens is 2. The van der Waals surface area contributed by atoms with Crippen molar-refractivity contribution in [2.45, 2.75) is 25.9 Å². The number of rotatable bonds is 5. The molecule has 0 fully saturated rings. The Morgan fingerprint density at radius 2 is 2.47 bits per heavy atom. The van der Waals surface area contributed by atoms with Crippen molar-refractivity contribution in [2.24, 2.45) is 5.84 Å². The third kappa shape index (κ3) is 2.52. The first-order chi connectivity index (χ1) is 8.26. The molecule has 1 atom stereocenters. The number of hydrazine groups is 1. The van der Waals surface area contributed by atoms with E-state index in [1.54, 1.807) is 12.5 Å². The first kappa shape index (κ1) is 12.2. The van der Waals surface area contributed by atoms with Gasteiger partial charge in [0.25, 0.3) is 0 Å². The molecule has 0 aliphatic carbocycles. The molecule has 92 valence electrons. The molecule has 0 aromatic carbocycles. The highest BCUT2D eigenvalue weighted by Crippen LogP contribution is 2.25. The molecule has 0 saturated carbocycles. The van der Waals surface area contributed by atoms with Crippen LogP contribution in [0.1, 0.15) is 24.4 Å². The molecule has 2 rings (SSSR count). The third-order valence-corrected chi connectivity index (χ3v) is 3.06. The molecule has 0 bridgehead atoms. The van der Waals surface area contributed by atoms with E-state index in [2.05, 4.69) is 21.9 Å². The van der Waals surface area contributed by atoms with E-state index >= 15 is 0 Å². The van der Waals surface area contributed by atoms with E-state index in [0.717, 1.165) is 17.9 Å². The van der Waals surface area contributed by atoms with Crippen LogP contribution in [0.2, 0.25) is 5.22 Å². The maximum Gasteiger partial charge on any atom is 0.197 e. The van der Waals surface area contributed by atoms with Gasteiger partial charge in [-0.3, -0.25) is 11.3 Å². The highest BCUT2D eigenvalue weighted by atomic mass is 35.5. The average molecular weight is 255 g/mol. The molecular formula is C11H15ClN4O. The quantitative estimate of drug-likeness (QED) is 0.632. The maximum absolute atomic E-state index is 5.94. The number of halogens is 1. The summed E-state index contributed by atoms with van der Waals surface area (Å²) < 4.78 is 7.13. The molecule has 1 unspecified atom stereocenters. The Hall–Kier alpha value is -1.30. The van der Waals surface area contributed by atoms with Crippen LogP contribution < -0.4 is 11.3 Å². The minimum atomic E-state index is -0.103. The van der Waals surface area contributed by atoms with E-state index in [1.807, 2.05) is 12.3 Å². The van der Waals surface area contributed by atoms with Gasteiger partial charge in [0.05, 0.1) is 12.3 Å². The number of nitrogens with two attached hydrogens (primary N) is 1. The summed E-state index contributed by atoms with van der Waals surface area (Å²) in [5.41, 5.74) is 3.58. The second kappa shape index (κ2) is 5.35. The molecule has 17 heavy (non-hydrogen) atoms. The summed E-state index contributed by atoms with van der Waals surface area (Å²) >= 11 is 5.94. The van der Waals surface area contributed by atoms with E-state index in [0.29, 0.717) is 11.6 Å². The SMILES string of the molecule is CCn1ccnc1CC(NN)c1ccoc1Cl. The number of aryl methyl sites for hydroxylation is 1. The van der Waals surface area contributed by atoms with Gasteiger partial charge < -0.3 is 8.98 Å². The molecule has 2 aromatic heterocycles. The van der Waals surface area contributed by atoms with Crippen LogP contribution in [0.15, 0.2) is 29.1 Å². The van der Waals surface area contributed by atoms with Crippen molar-refractivity contribution in [3.63, 3.8) is 0 Å². The average Bonchev–Trinajstić information content (AvgIpc) is 2.94. The zero-order chi connectivity index (χ0) is 12.3. The smallest absolute Gasteiger partial charge is 0.197 e. The number of hydrogen-bond acceptors (Lipinski definition) is 4. The van der Waals surface area contributed by atoms with Crippen molar-refractivity contribution in [1.29, 1.82) is 0 Å². The van der Waals surface area contributed by atoms with Gasteiger partial charge in [0.15, 0.2) is 5.22 Å². The van der Waals surface area contributed by atoms with Gasteiger partial charge in [-0.15, -0.1) is 0 Å². The molecule has 0 aliphatic rings. The third-order valence-electron chi connectivity index (χ3n) is 2.75. The predicted molar refractivity (Wildman–Crippen MR) is 65.4 cm³/mol. The lowest BCUT2D eigenvalue weighted by atomic mass is 10.1. The van der Waals surface area contributed by atoms with Gasteiger partial charge in [-0.2, -0.15) is 0 Å². The van der Waals surface area contributed by atoms with E-state index in [1.165, 1.54) is 0 Å². The number of hydrogen-bond donors (Lipinski definition) is 2. The van der Waals surface area contributed by atoms with Crippen molar-refractivity contribution in [1.82, 2.24) is 15.0 Å². The van der Waals surface area contributed by atoms with Gasteiger partial charge in [-0.1, -0.05) is 0 Å². The van der Waals surface area contributed by atoms with E-state index in [9.17, 15) is 0 Å². The van der Waals surface area contributed by atoms with Crippen LogP contribution in [0.4, 0.5) is 0 Å². The molecule has 0 spiro atoms. The first-order valence-electron chi connectivity index (χ1n) is 5.45. The second-order valence-electron chi connectivity index (χ2n) is 3.70. The number of furan rings is 1. The van der Waals surface area contributed by atoms with Crippen LogP contribution in [-0.2, 0) is 13.0 Å². The molecule has 2 aromatic rings. The first-order valence-corrected chi connectivity index (χ1v) is 5.83. The highest BCUT2D eigenvalue weighted by Gasteiger charge is 2.18. The van der Waals surface area contributed by atoms with Crippen LogP contribution in [0.25, 0.3) is 0 Å². The van der Waals surface area contributed by atoms with Crippen LogP contribution >= 0.6 is 11.6 Å². The van der Waals surface area contributed by atoms with Crippen LogP contribution in [0.3, 0.4) is 0 Å². The molecule has 3 N–H and O–H groups in total. The molecule has 0 aliphatic heterocycles. The fourth-order valence-corrected chi connectivity index (χ4v) is 2.06. The largest absolute Gasteiger partial charge is 0.453 e. The van der Waals surface area contributed by atoms with Crippen molar-refractivity contribution in [3.05, 3.63) is 41.3 Å². The summed E-state index contributed by atoms with van der Waals surface area (Å²) in [6, 6.07) is 1.71. The van der Waals surface area contributed by atoms with Gasteiger partial charge in [0, 0.05) is 30.9 Å². The lowest BCUT2D eigenvalue weighted by molar-refractivity contribution is 0.509. The van der Waals surface area contributed by atoms with Crippen molar-refractivity contribution in [3.8, 4) is 0 Å². The van der Waals surface area contributed by atoms with Crippen molar-refractivity contribution >= 4 is 11.6 Å². The fraction of sp³-hybridized carbons (Fsp3) is 0.364. The highest BCUT2D eigenvalue weighted by molar-refractivity contribution is 6.29. The van der Waals surface area contributed by atoms with E-state index in [4.69, 9.17) is 21.9 Å². The minimum absolute atomic E-state index is 0.103. The summed E-state index contributed by atoms with van der Waals surface area (Å²) in [5, 5.41) is 0.363. The summed E-state index contributed by atoms with van der Waals surface area (Å²) in [5.74, 6) is 6.52. The molecule has 6 heteroatoms. The van der Waals surface area contributed by atoms with E-state index in [-0.39, 0.29) is 6.04 Å². The van der Waals surface area contributed by atoms with Crippen LogP contribution in [0, 0.1) is 0 Å². The molecule has 5 nitrogen and oxygen atoms in total. The van der Waals surface area contributed by atoms with Gasteiger partial charge >= 0.3 is 0 Å². The summed E-state index contributed by atoms with van der Waals surface area (Å²) in [6.45, 7) is 2.95. The Bertz CT molecular complexity index is 479. The van der Waals surface area contributed by atoms with Gasteiger partial charge in [0.2, 0.25) is 0 Å². The van der Waals surface area contributed by atoms with E-state index < -0.39 is 0 Å². The molecule has 0 saturated heterocycles. The standard InChI is InChI=1S/C11H15ClN4O/c1-2-16-5-4-14-10(16)7-9(15-13)8-3-6-17-11(8)12/h3-6,9,15H,2,7,13H2,1H3. The molecule has 2 heterocycles. The monoisotopic (exact) mass is 254 g/mol. The van der Waals surface area contributed by atoms with Crippen LogP contribution in [0.5, 0.6) is 0 Å². The Kier molecular flexibility index (Phi) is 3.83. The minimum Gasteiger partial charge on any atom is -0.453 e. The Balaban J connectivity index is 2.19. The lowest BCUT2D eigenvalue weighted by Crippen LogP contribution is -2.30. The summed E-state index contributed by atoms with van der Waals surface area (Å²) in [7, 11) is 0. The van der Waals surface area contributed by atoms with Crippen LogP contribution in [-0.4, -0.2) is 9.55 Å². The molecule has 0 amide bonds. The maximum atomic E-state index is 5.94. The number of nitrogens with one attached hydrogen (secondary N) is 1. The zero-order valence-corrected chi connectivity index (χ0v) is 10.3. The van der Waals surface area contributed by atoms with Crippen molar-refractivity contribution < 1.29 is 4.42 Å². The Labute approximate surface area is 105 Å². The van der Waals surface area contributed by atoms with Gasteiger partial charge in [0.1, 0.15) is 5.82 Å². The normalized spacial score (nSPS) is 12.9. The Morgan fingerprint density at radius 3 is 3.06 bits per heavy atom. The van der Waals surface area contributed by atoms with Gasteiger partial charge in [-0.25, -0.2) is 4.98 Å². The summed E-state index contributed by atoms with van der Waals surface area (Å²) in [6.07, 6.45) is 5.94. The summed E-state index contributed by atoms with van der Waals surface area (Å²) in [4.78, 5) is 4.31. The number of nitrogens with zero attached hydrogens (tertiary/aromatic N) is 2. The van der Waals surface area contributed by atoms with Gasteiger partial charge in [-0.05, 0) is 24.6 Å².